The van der Waals surface area contributed by atoms with Crippen LogP contribution in [0.4, 0.5) is 10.1 Å². The topological polar surface area (TPSA) is 99.9 Å². The van der Waals surface area contributed by atoms with E-state index in [1.807, 2.05) is 0 Å². The lowest BCUT2D eigenvalue weighted by Crippen LogP contribution is -2.54. The molecule has 1 saturated heterocycles. The second kappa shape index (κ2) is 7.96. The normalized spacial score (nSPS) is 15.3. The van der Waals surface area contributed by atoms with Crippen LogP contribution in [-0.4, -0.2) is 28.0 Å². The van der Waals surface area contributed by atoms with Crippen molar-refractivity contribution in [2.24, 2.45) is 0 Å². The van der Waals surface area contributed by atoms with Crippen LogP contribution in [0, 0.1) is 5.82 Å². The predicted octanol–water partition coefficient (Wildman–Crippen LogP) is 3.62. The molecule has 3 aromatic rings. The summed E-state index contributed by atoms with van der Waals surface area (Å²) in [7, 11) is 0. The number of aromatic carboxylic acids is 1. The molecule has 31 heavy (non-hydrogen) atoms. The average Bonchev–Trinajstić information content (AvgIpc) is 3.21. The van der Waals surface area contributed by atoms with Gasteiger partial charge in [0.15, 0.2) is 5.11 Å². The van der Waals surface area contributed by atoms with Crippen molar-refractivity contribution in [3.05, 3.63) is 83.4 Å². The fraction of sp³-hybridized carbons (Fsp3) is 0. The van der Waals surface area contributed by atoms with Gasteiger partial charge in [-0.05, 0) is 66.8 Å². The predicted molar refractivity (Wildman–Crippen MR) is 114 cm³/mol. The first-order chi connectivity index (χ1) is 14.8. The van der Waals surface area contributed by atoms with Gasteiger partial charge in [-0.2, -0.15) is 0 Å². The van der Waals surface area contributed by atoms with Gasteiger partial charge in [-0.3, -0.25) is 19.8 Å². The van der Waals surface area contributed by atoms with Crippen LogP contribution in [0.25, 0.3) is 17.4 Å². The molecule has 0 bridgehead atoms. The molecule has 0 radical (unpaired) electrons. The van der Waals surface area contributed by atoms with Crippen molar-refractivity contribution in [1.29, 1.82) is 0 Å². The standard InChI is InChI=1S/C22H13FN2O5S/c23-14-4-6-15(7-5-14)25-20(27)17(19(26)24-22(25)31)11-16-8-9-18(30-16)12-2-1-3-13(10-12)21(28)29/h1-11H,(H,28,29)(H,24,26,31)/b17-11-. The number of hydrogen-bond donors (Lipinski definition) is 2. The van der Waals surface area contributed by atoms with E-state index in [4.69, 9.17) is 21.7 Å². The van der Waals surface area contributed by atoms with Crippen molar-refractivity contribution in [2.45, 2.75) is 0 Å². The minimum Gasteiger partial charge on any atom is -0.478 e. The molecule has 0 aliphatic carbocycles. The third kappa shape index (κ3) is 3.99. The number of carbonyl (C=O) groups is 3. The Bertz CT molecular complexity index is 1260. The molecule has 1 aliphatic heterocycles. The van der Waals surface area contributed by atoms with E-state index in [1.165, 1.54) is 42.5 Å². The molecule has 4 rings (SSSR count). The number of furan rings is 1. The SMILES string of the molecule is O=C1NC(=S)N(c2ccc(F)cc2)C(=O)/C1=C\c1ccc(-c2cccc(C(=O)O)c2)o1. The number of amides is 2. The van der Waals surface area contributed by atoms with Crippen LogP contribution in [-0.2, 0) is 9.59 Å². The van der Waals surface area contributed by atoms with Gasteiger partial charge in [0.25, 0.3) is 11.8 Å². The quantitative estimate of drug-likeness (QED) is 0.368. The summed E-state index contributed by atoms with van der Waals surface area (Å²) in [6.45, 7) is 0. The number of hydrogen-bond acceptors (Lipinski definition) is 5. The van der Waals surface area contributed by atoms with Crippen molar-refractivity contribution in [3.63, 3.8) is 0 Å². The third-order valence-electron chi connectivity index (χ3n) is 4.49. The number of carboxylic acids is 1. The van der Waals surface area contributed by atoms with Gasteiger partial charge >= 0.3 is 5.97 Å². The van der Waals surface area contributed by atoms with Gasteiger partial charge in [0.05, 0.1) is 11.3 Å². The van der Waals surface area contributed by atoms with Gasteiger partial charge in [-0.1, -0.05) is 12.1 Å². The maximum Gasteiger partial charge on any atom is 0.335 e. The second-order valence-corrected chi connectivity index (χ2v) is 6.91. The number of carbonyl (C=O) groups excluding carboxylic acids is 2. The smallest absolute Gasteiger partial charge is 0.335 e. The van der Waals surface area contributed by atoms with Gasteiger partial charge < -0.3 is 9.52 Å². The Labute approximate surface area is 180 Å². The molecule has 0 spiro atoms. The Morgan fingerprint density at radius 2 is 1.84 bits per heavy atom. The molecule has 2 aromatic carbocycles. The largest absolute Gasteiger partial charge is 0.478 e. The summed E-state index contributed by atoms with van der Waals surface area (Å²) in [5, 5.41) is 11.4. The van der Waals surface area contributed by atoms with Gasteiger partial charge in [0.2, 0.25) is 0 Å². The fourth-order valence-corrected chi connectivity index (χ4v) is 3.30. The van der Waals surface area contributed by atoms with E-state index in [0.717, 1.165) is 4.90 Å². The summed E-state index contributed by atoms with van der Waals surface area (Å²) in [6.07, 6.45) is 1.26. The highest BCUT2D eigenvalue weighted by atomic mass is 32.1. The number of nitrogens with one attached hydrogen (secondary N) is 1. The van der Waals surface area contributed by atoms with Crippen molar-refractivity contribution >= 4 is 46.9 Å². The van der Waals surface area contributed by atoms with Crippen LogP contribution in [0.1, 0.15) is 16.1 Å². The Morgan fingerprint density at radius 1 is 1.10 bits per heavy atom. The molecule has 1 aliphatic rings. The molecule has 1 fully saturated rings. The number of halogens is 1. The number of benzene rings is 2. The van der Waals surface area contributed by atoms with E-state index in [9.17, 15) is 18.8 Å². The minimum atomic E-state index is -1.07. The number of carboxylic acid groups (broad SMARTS) is 1. The minimum absolute atomic E-state index is 0.0964. The van der Waals surface area contributed by atoms with Crippen molar-refractivity contribution in [2.75, 3.05) is 4.90 Å². The van der Waals surface area contributed by atoms with Crippen LogP contribution in [0.2, 0.25) is 0 Å². The average molecular weight is 436 g/mol. The number of anilines is 1. The highest BCUT2D eigenvalue weighted by molar-refractivity contribution is 7.80. The summed E-state index contributed by atoms with van der Waals surface area (Å²) in [4.78, 5) is 37.6. The van der Waals surface area contributed by atoms with Crippen molar-refractivity contribution < 1.29 is 28.3 Å². The molecule has 9 heteroatoms. The van der Waals surface area contributed by atoms with Crippen LogP contribution in [0.15, 0.2) is 70.7 Å². The molecule has 1 aromatic heterocycles. The van der Waals surface area contributed by atoms with E-state index in [1.54, 1.807) is 24.3 Å². The number of rotatable bonds is 4. The zero-order valence-corrected chi connectivity index (χ0v) is 16.5. The van der Waals surface area contributed by atoms with Crippen LogP contribution in [0.3, 0.4) is 0 Å². The monoisotopic (exact) mass is 436 g/mol. The first kappa shape index (κ1) is 20.2. The molecule has 2 heterocycles. The van der Waals surface area contributed by atoms with Crippen LogP contribution >= 0.6 is 12.2 Å². The zero-order chi connectivity index (χ0) is 22.1. The summed E-state index contributed by atoms with van der Waals surface area (Å²) in [5.41, 5.74) is 0.697. The molecule has 0 unspecified atom stereocenters. The Kier molecular flexibility index (Phi) is 5.18. The highest BCUT2D eigenvalue weighted by Gasteiger charge is 2.34. The highest BCUT2D eigenvalue weighted by Crippen LogP contribution is 2.26. The molecule has 154 valence electrons. The number of nitrogens with zero attached hydrogens (tertiary/aromatic N) is 1. The first-order valence-corrected chi connectivity index (χ1v) is 9.35. The Hall–Kier alpha value is -4.11. The van der Waals surface area contributed by atoms with E-state index < -0.39 is 23.6 Å². The lowest BCUT2D eigenvalue weighted by Gasteiger charge is -2.28. The summed E-state index contributed by atoms with van der Waals surface area (Å²) in [6, 6.07) is 14.4. The Balaban J connectivity index is 1.66. The van der Waals surface area contributed by atoms with E-state index >= 15 is 0 Å². The third-order valence-corrected chi connectivity index (χ3v) is 4.78. The van der Waals surface area contributed by atoms with Crippen molar-refractivity contribution in [1.82, 2.24) is 5.32 Å². The van der Waals surface area contributed by atoms with Crippen LogP contribution < -0.4 is 10.2 Å². The van der Waals surface area contributed by atoms with Gasteiger partial charge in [-0.15, -0.1) is 0 Å². The molecular weight excluding hydrogens is 423 g/mol. The molecule has 2 N–H and O–H groups in total. The van der Waals surface area contributed by atoms with Gasteiger partial charge in [0.1, 0.15) is 22.9 Å². The summed E-state index contributed by atoms with van der Waals surface area (Å²) >= 11 is 5.10. The maximum atomic E-state index is 13.2. The zero-order valence-electron chi connectivity index (χ0n) is 15.7. The van der Waals surface area contributed by atoms with Crippen molar-refractivity contribution in [3.8, 4) is 11.3 Å². The first-order valence-electron chi connectivity index (χ1n) is 8.94. The van der Waals surface area contributed by atoms with Crippen LogP contribution in [0.5, 0.6) is 0 Å². The molecular formula is C22H13FN2O5S. The lowest BCUT2D eigenvalue weighted by molar-refractivity contribution is -0.122. The molecule has 2 amide bonds. The lowest BCUT2D eigenvalue weighted by atomic mass is 10.1. The Morgan fingerprint density at radius 3 is 2.55 bits per heavy atom. The number of thiocarbonyl (C=S) groups is 1. The van der Waals surface area contributed by atoms with E-state index in [2.05, 4.69) is 5.32 Å². The molecule has 0 saturated carbocycles. The summed E-state index contributed by atoms with van der Waals surface area (Å²) in [5.74, 6) is -2.36. The fourth-order valence-electron chi connectivity index (χ4n) is 3.02. The second-order valence-electron chi connectivity index (χ2n) is 6.52. The van der Waals surface area contributed by atoms with Gasteiger partial charge in [-0.25, -0.2) is 9.18 Å². The van der Waals surface area contributed by atoms with Gasteiger partial charge in [0, 0.05) is 5.56 Å². The maximum absolute atomic E-state index is 13.2. The molecule has 0 atom stereocenters. The summed E-state index contributed by atoms with van der Waals surface area (Å²) < 4.78 is 18.9. The van der Waals surface area contributed by atoms with E-state index in [0.29, 0.717) is 17.0 Å². The molecule has 7 nitrogen and oxygen atoms in total. The van der Waals surface area contributed by atoms with E-state index in [-0.39, 0.29) is 22.0 Å².